The summed E-state index contributed by atoms with van der Waals surface area (Å²) in [6.45, 7) is 4.51. The second-order valence-corrected chi connectivity index (χ2v) is 8.63. The van der Waals surface area contributed by atoms with Gasteiger partial charge in [-0.05, 0) is 43.4 Å². The van der Waals surface area contributed by atoms with E-state index in [2.05, 4.69) is 55.2 Å². The van der Waals surface area contributed by atoms with Gasteiger partial charge in [0.15, 0.2) is 5.76 Å². The minimum absolute atomic E-state index is 0.361. The molecule has 0 amide bonds. The smallest absolute Gasteiger partial charge is 0.267 e. The predicted molar refractivity (Wildman–Crippen MR) is 128 cm³/mol. The highest BCUT2D eigenvalue weighted by Crippen LogP contribution is 2.35. The van der Waals surface area contributed by atoms with E-state index in [1.807, 2.05) is 6.20 Å². The quantitative estimate of drug-likeness (QED) is 0.288. The van der Waals surface area contributed by atoms with Crippen molar-refractivity contribution in [1.29, 1.82) is 0 Å². The van der Waals surface area contributed by atoms with Gasteiger partial charge in [-0.3, -0.25) is 4.98 Å². The normalized spacial score (nSPS) is 15.4. The molecule has 1 atom stereocenters. The Hall–Kier alpha value is -2.29. The van der Waals surface area contributed by atoms with E-state index in [-0.39, 0.29) is 6.29 Å². The van der Waals surface area contributed by atoms with Gasteiger partial charge in [-0.15, -0.1) is 0 Å². The second-order valence-electron chi connectivity index (χ2n) is 8.63. The highest BCUT2D eigenvalue weighted by atomic mass is 16.7. The van der Waals surface area contributed by atoms with Crippen molar-refractivity contribution in [3.63, 3.8) is 0 Å². The second kappa shape index (κ2) is 13.2. The van der Waals surface area contributed by atoms with E-state index >= 15 is 0 Å². The monoisotopic (exact) mass is 421 g/mol. The van der Waals surface area contributed by atoms with Crippen molar-refractivity contribution in [1.82, 2.24) is 4.98 Å². The molecule has 2 aromatic rings. The third-order valence-electron chi connectivity index (χ3n) is 6.04. The minimum atomic E-state index is -0.361. The summed E-state index contributed by atoms with van der Waals surface area (Å²) in [5.41, 5.74) is 4.61. The Morgan fingerprint density at radius 1 is 0.774 bits per heavy atom. The molecule has 3 heteroatoms. The fourth-order valence-corrected chi connectivity index (χ4v) is 4.11. The molecule has 168 valence electrons. The third kappa shape index (κ3) is 7.41. The number of pyridine rings is 1. The number of hydrogen-bond donors (Lipinski definition) is 0. The molecule has 0 N–H and O–H groups in total. The first kappa shape index (κ1) is 23.4. The zero-order valence-electron chi connectivity index (χ0n) is 19.4. The summed E-state index contributed by atoms with van der Waals surface area (Å²) in [4.78, 5) is 4.64. The van der Waals surface area contributed by atoms with Crippen molar-refractivity contribution in [2.75, 3.05) is 0 Å². The molecule has 2 heterocycles. The van der Waals surface area contributed by atoms with E-state index in [1.54, 1.807) is 6.26 Å². The number of rotatable bonds is 14. The average molecular weight is 422 g/mol. The van der Waals surface area contributed by atoms with Crippen LogP contribution in [0.1, 0.15) is 107 Å². The summed E-state index contributed by atoms with van der Waals surface area (Å²) < 4.78 is 12.1. The summed E-state index contributed by atoms with van der Waals surface area (Å²) in [6, 6.07) is 12.7. The summed E-state index contributed by atoms with van der Waals surface area (Å²) >= 11 is 0. The fourth-order valence-electron chi connectivity index (χ4n) is 4.11. The Bertz CT molecular complexity index is 797. The Balaban J connectivity index is 1.51. The van der Waals surface area contributed by atoms with Crippen molar-refractivity contribution in [3.05, 3.63) is 71.2 Å². The molecule has 1 aliphatic rings. The Kier molecular flexibility index (Phi) is 9.95. The van der Waals surface area contributed by atoms with E-state index in [1.165, 1.54) is 69.8 Å². The lowest BCUT2D eigenvalue weighted by Crippen LogP contribution is -2.04. The summed E-state index contributed by atoms with van der Waals surface area (Å²) in [5.74, 6) is 0.768. The van der Waals surface area contributed by atoms with Crippen LogP contribution in [0.2, 0.25) is 0 Å². The van der Waals surface area contributed by atoms with Crippen molar-refractivity contribution >= 4 is 5.76 Å². The number of ether oxygens (including phenoxy) is 2. The van der Waals surface area contributed by atoms with E-state index in [4.69, 9.17) is 9.47 Å². The van der Waals surface area contributed by atoms with Crippen LogP contribution in [0, 0.1) is 0 Å². The molecule has 1 aromatic heterocycles. The molecular weight excluding hydrogens is 382 g/mol. The van der Waals surface area contributed by atoms with Crippen LogP contribution in [0.5, 0.6) is 0 Å². The minimum Gasteiger partial charge on any atom is -0.454 e. The number of hydrogen-bond acceptors (Lipinski definition) is 3. The Morgan fingerprint density at radius 2 is 1.48 bits per heavy atom. The van der Waals surface area contributed by atoms with Crippen LogP contribution in [0.4, 0.5) is 0 Å². The Morgan fingerprint density at radius 3 is 2.19 bits per heavy atom. The first-order chi connectivity index (χ1) is 15.3. The van der Waals surface area contributed by atoms with Crippen molar-refractivity contribution in [3.8, 4) is 0 Å². The first-order valence-electron chi connectivity index (χ1n) is 12.4. The molecule has 0 spiro atoms. The van der Waals surface area contributed by atoms with Crippen LogP contribution in [-0.4, -0.2) is 4.98 Å². The van der Waals surface area contributed by atoms with Crippen molar-refractivity contribution in [2.45, 2.75) is 97.2 Å². The number of benzene rings is 1. The molecule has 0 fully saturated rings. The highest BCUT2D eigenvalue weighted by molar-refractivity contribution is 5.59. The highest BCUT2D eigenvalue weighted by Gasteiger charge is 2.24. The van der Waals surface area contributed by atoms with E-state index in [9.17, 15) is 0 Å². The molecule has 0 saturated heterocycles. The average Bonchev–Trinajstić information content (AvgIpc) is 3.30. The van der Waals surface area contributed by atoms with Crippen LogP contribution < -0.4 is 0 Å². The zero-order chi connectivity index (χ0) is 21.7. The van der Waals surface area contributed by atoms with Gasteiger partial charge in [-0.2, -0.15) is 0 Å². The van der Waals surface area contributed by atoms with Gasteiger partial charge < -0.3 is 9.47 Å². The molecule has 3 nitrogen and oxygen atoms in total. The molecule has 31 heavy (non-hydrogen) atoms. The third-order valence-corrected chi connectivity index (χ3v) is 6.04. The van der Waals surface area contributed by atoms with Crippen LogP contribution in [0.15, 0.2) is 48.9 Å². The molecule has 3 rings (SSSR count). The van der Waals surface area contributed by atoms with Crippen molar-refractivity contribution < 1.29 is 9.47 Å². The lowest BCUT2D eigenvalue weighted by molar-refractivity contribution is -0.0177. The number of nitrogens with zero attached hydrogens (tertiary/aromatic N) is 1. The molecule has 0 aliphatic carbocycles. The molecule has 1 aliphatic heterocycles. The Labute approximate surface area is 188 Å². The maximum Gasteiger partial charge on any atom is 0.267 e. The van der Waals surface area contributed by atoms with Crippen LogP contribution in [0.25, 0.3) is 5.76 Å². The molecule has 0 bridgehead atoms. The molecule has 1 unspecified atom stereocenters. The van der Waals surface area contributed by atoms with Gasteiger partial charge in [0.25, 0.3) is 6.29 Å². The van der Waals surface area contributed by atoms with Gasteiger partial charge in [-0.25, -0.2) is 0 Å². The molecular formula is C28H39NO2. The SMILES string of the molecule is CCCCCCCc1ccc(C2=COC(c3ccccc3CCCCCCC)O2)cn1. The van der Waals surface area contributed by atoms with Crippen LogP contribution in [0.3, 0.4) is 0 Å². The zero-order valence-corrected chi connectivity index (χ0v) is 19.4. The summed E-state index contributed by atoms with van der Waals surface area (Å²) in [5, 5.41) is 0. The van der Waals surface area contributed by atoms with Gasteiger partial charge in [0.2, 0.25) is 0 Å². The van der Waals surface area contributed by atoms with Gasteiger partial charge >= 0.3 is 0 Å². The number of aryl methyl sites for hydroxylation is 2. The lowest BCUT2D eigenvalue weighted by atomic mass is 10.0. The summed E-state index contributed by atoms with van der Waals surface area (Å²) in [6.07, 6.45) is 18.3. The maximum atomic E-state index is 6.18. The number of aromatic nitrogens is 1. The van der Waals surface area contributed by atoms with Crippen LogP contribution >= 0.6 is 0 Å². The largest absolute Gasteiger partial charge is 0.454 e. The molecule has 0 radical (unpaired) electrons. The maximum absolute atomic E-state index is 6.18. The predicted octanol–water partition coefficient (Wildman–Crippen LogP) is 8.15. The van der Waals surface area contributed by atoms with Gasteiger partial charge in [0.1, 0.15) is 6.26 Å². The summed E-state index contributed by atoms with van der Waals surface area (Å²) in [7, 11) is 0. The lowest BCUT2D eigenvalue weighted by Gasteiger charge is -2.16. The van der Waals surface area contributed by atoms with Gasteiger partial charge in [0, 0.05) is 23.0 Å². The standard InChI is InChI=1S/C28H39NO2/c1-3-5-7-9-11-15-23-16-13-14-18-26(23)28-30-22-27(31-28)24-19-20-25(29-21-24)17-12-10-8-6-4-2/h13-14,16,18-22,28H,3-12,15,17H2,1-2H3. The first-order valence-corrected chi connectivity index (χ1v) is 12.4. The topological polar surface area (TPSA) is 31.4 Å². The van der Waals surface area contributed by atoms with Crippen molar-refractivity contribution in [2.24, 2.45) is 0 Å². The van der Waals surface area contributed by atoms with Gasteiger partial charge in [0.05, 0.1) is 0 Å². The molecule has 1 aromatic carbocycles. The number of unbranched alkanes of at least 4 members (excludes halogenated alkanes) is 8. The fraction of sp³-hybridized carbons (Fsp3) is 0.536. The molecule has 0 saturated carbocycles. The van der Waals surface area contributed by atoms with E-state index < -0.39 is 0 Å². The van der Waals surface area contributed by atoms with Crippen LogP contribution in [-0.2, 0) is 22.3 Å². The van der Waals surface area contributed by atoms with E-state index in [0.29, 0.717) is 0 Å². The van der Waals surface area contributed by atoms with E-state index in [0.717, 1.165) is 35.4 Å². The van der Waals surface area contributed by atoms with Gasteiger partial charge in [-0.1, -0.05) is 89.5 Å².